The quantitative estimate of drug-likeness (QED) is 0.391. The molecular weight excluding hydrogens is 440 g/mol. The van der Waals surface area contributed by atoms with E-state index < -0.39 is 0 Å². The van der Waals surface area contributed by atoms with Gasteiger partial charge in [-0.15, -0.1) is 0 Å². The van der Waals surface area contributed by atoms with Crippen molar-refractivity contribution in [2.75, 3.05) is 0 Å². The van der Waals surface area contributed by atoms with Gasteiger partial charge < -0.3 is 0 Å². The summed E-state index contributed by atoms with van der Waals surface area (Å²) in [7, 11) is 0. The average molecular weight is 454 g/mol. The Morgan fingerprint density at radius 1 is 0.964 bits per heavy atom. The summed E-state index contributed by atoms with van der Waals surface area (Å²) in [5, 5.41) is 1.06. The van der Waals surface area contributed by atoms with Crippen molar-refractivity contribution in [1.82, 2.24) is 9.55 Å². The van der Waals surface area contributed by atoms with E-state index in [9.17, 15) is 9.59 Å². The summed E-state index contributed by atoms with van der Waals surface area (Å²) in [6.45, 7) is -0.101. The summed E-state index contributed by atoms with van der Waals surface area (Å²) in [4.78, 5) is 30.6. The molecule has 0 amide bonds. The first-order chi connectivity index (χ1) is 13.5. The van der Waals surface area contributed by atoms with Gasteiger partial charge in [0.2, 0.25) is 0 Å². The van der Waals surface area contributed by atoms with Crippen molar-refractivity contribution in [3.8, 4) is 11.4 Å². The van der Waals surface area contributed by atoms with Crippen LogP contribution in [0.4, 0.5) is 0 Å². The number of aromatic nitrogens is 2. The van der Waals surface area contributed by atoms with Crippen molar-refractivity contribution < 1.29 is 4.79 Å². The molecule has 3 aromatic carbocycles. The van der Waals surface area contributed by atoms with E-state index in [0.29, 0.717) is 27.3 Å². The summed E-state index contributed by atoms with van der Waals surface area (Å²) >= 11 is 9.36. The molecular formula is C22H14BrClN2O2. The van der Waals surface area contributed by atoms with E-state index in [4.69, 9.17) is 11.6 Å². The van der Waals surface area contributed by atoms with Crippen LogP contribution < -0.4 is 5.56 Å². The van der Waals surface area contributed by atoms with Crippen molar-refractivity contribution >= 4 is 44.2 Å². The van der Waals surface area contributed by atoms with Gasteiger partial charge in [-0.1, -0.05) is 51.8 Å². The Balaban J connectivity index is 1.87. The van der Waals surface area contributed by atoms with E-state index in [2.05, 4.69) is 20.9 Å². The number of ketones is 1. The van der Waals surface area contributed by atoms with Crippen LogP contribution >= 0.6 is 27.5 Å². The van der Waals surface area contributed by atoms with Gasteiger partial charge in [0.1, 0.15) is 5.82 Å². The minimum atomic E-state index is -0.249. The fraction of sp³-hybridized carbons (Fsp3) is 0.0455. The molecule has 0 radical (unpaired) electrons. The molecule has 1 heterocycles. The number of hydrogen-bond acceptors (Lipinski definition) is 3. The third kappa shape index (κ3) is 3.63. The Bertz CT molecular complexity index is 1230. The molecule has 0 aliphatic carbocycles. The predicted molar refractivity (Wildman–Crippen MR) is 115 cm³/mol. The molecule has 0 N–H and O–H groups in total. The maximum Gasteiger partial charge on any atom is 0.262 e. The molecule has 0 unspecified atom stereocenters. The van der Waals surface area contributed by atoms with Crippen LogP contribution in [0.25, 0.3) is 22.3 Å². The first-order valence-corrected chi connectivity index (χ1v) is 9.74. The lowest BCUT2D eigenvalue weighted by atomic mass is 10.1. The summed E-state index contributed by atoms with van der Waals surface area (Å²) in [6.07, 6.45) is 0. The summed E-state index contributed by atoms with van der Waals surface area (Å²) < 4.78 is 2.31. The molecule has 0 aliphatic heterocycles. The van der Waals surface area contributed by atoms with Gasteiger partial charge in [0.05, 0.1) is 17.4 Å². The van der Waals surface area contributed by atoms with Crippen LogP contribution in [-0.4, -0.2) is 15.3 Å². The lowest BCUT2D eigenvalue weighted by Gasteiger charge is -2.13. The van der Waals surface area contributed by atoms with Gasteiger partial charge in [-0.25, -0.2) is 4.98 Å². The zero-order valence-electron chi connectivity index (χ0n) is 14.6. The third-order valence-electron chi connectivity index (χ3n) is 4.43. The van der Waals surface area contributed by atoms with Gasteiger partial charge in [-0.3, -0.25) is 14.2 Å². The van der Waals surface area contributed by atoms with Gasteiger partial charge >= 0.3 is 0 Å². The number of para-hydroxylation sites is 1. The highest BCUT2D eigenvalue weighted by molar-refractivity contribution is 9.10. The van der Waals surface area contributed by atoms with E-state index in [1.165, 1.54) is 4.57 Å². The minimum absolute atomic E-state index is 0.101. The fourth-order valence-electron chi connectivity index (χ4n) is 3.00. The number of Topliss-reactive ketones (excluding diaryl/α,β-unsaturated/α-hetero) is 1. The summed E-state index contributed by atoms with van der Waals surface area (Å²) in [5.74, 6) is 0.271. The maximum absolute atomic E-state index is 13.1. The van der Waals surface area contributed by atoms with Crippen molar-refractivity contribution in [3.63, 3.8) is 0 Å². The SMILES string of the molecule is O=C(Cn1c(-c2ccc(Cl)cc2)nc2ccccc2c1=O)c1ccc(Br)cc1. The monoisotopic (exact) mass is 452 g/mol. The zero-order chi connectivity index (χ0) is 19.7. The molecule has 4 aromatic rings. The molecule has 0 aliphatic rings. The van der Waals surface area contributed by atoms with E-state index >= 15 is 0 Å². The van der Waals surface area contributed by atoms with Gasteiger partial charge in [-0.05, 0) is 48.5 Å². The van der Waals surface area contributed by atoms with Gasteiger partial charge in [0, 0.05) is 20.6 Å². The predicted octanol–water partition coefficient (Wildman–Crippen LogP) is 5.36. The number of nitrogens with zero attached hydrogens (tertiary/aromatic N) is 2. The Hall–Kier alpha value is -2.76. The second kappa shape index (κ2) is 7.70. The van der Waals surface area contributed by atoms with E-state index in [0.717, 1.165) is 10.0 Å². The normalized spacial score (nSPS) is 10.9. The summed E-state index contributed by atoms with van der Waals surface area (Å²) in [6, 6.07) is 21.2. The molecule has 0 saturated heterocycles. The number of benzene rings is 3. The molecule has 0 spiro atoms. The smallest absolute Gasteiger partial charge is 0.262 e. The Kier molecular flexibility index (Phi) is 5.11. The summed E-state index contributed by atoms with van der Waals surface area (Å²) in [5.41, 5.74) is 1.59. The average Bonchev–Trinajstić information content (AvgIpc) is 2.71. The van der Waals surface area contributed by atoms with Crippen molar-refractivity contribution in [1.29, 1.82) is 0 Å². The molecule has 4 nitrogen and oxygen atoms in total. The van der Waals surface area contributed by atoms with E-state index in [1.807, 2.05) is 6.07 Å². The molecule has 1 aromatic heterocycles. The van der Waals surface area contributed by atoms with Crippen LogP contribution in [0.15, 0.2) is 82.1 Å². The number of fused-ring (bicyclic) bond motifs is 1. The second-order valence-electron chi connectivity index (χ2n) is 6.28. The van der Waals surface area contributed by atoms with Gasteiger partial charge in [0.25, 0.3) is 5.56 Å². The number of halogens is 2. The second-order valence-corrected chi connectivity index (χ2v) is 7.63. The zero-order valence-corrected chi connectivity index (χ0v) is 16.9. The van der Waals surface area contributed by atoms with Crippen molar-refractivity contribution in [2.45, 2.75) is 6.54 Å². The number of carbonyl (C=O) groups is 1. The highest BCUT2D eigenvalue weighted by atomic mass is 79.9. The molecule has 0 atom stereocenters. The number of carbonyl (C=O) groups excluding carboxylic acids is 1. The van der Waals surface area contributed by atoms with Crippen LogP contribution in [0.2, 0.25) is 5.02 Å². The molecule has 0 fully saturated rings. The molecule has 28 heavy (non-hydrogen) atoms. The van der Waals surface area contributed by atoms with Crippen LogP contribution in [0.1, 0.15) is 10.4 Å². The first-order valence-electron chi connectivity index (χ1n) is 8.57. The van der Waals surface area contributed by atoms with Gasteiger partial charge in [-0.2, -0.15) is 0 Å². The Labute approximate surface area is 174 Å². The molecule has 4 rings (SSSR count). The van der Waals surface area contributed by atoms with Crippen molar-refractivity contribution in [2.24, 2.45) is 0 Å². The first kappa shape index (κ1) is 18.6. The highest BCUT2D eigenvalue weighted by Crippen LogP contribution is 2.22. The van der Waals surface area contributed by atoms with Gasteiger partial charge in [0.15, 0.2) is 5.78 Å². The fourth-order valence-corrected chi connectivity index (χ4v) is 3.40. The van der Waals surface area contributed by atoms with Crippen LogP contribution in [-0.2, 0) is 6.54 Å². The van der Waals surface area contributed by atoms with Crippen LogP contribution in [0.5, 0.6) is 0 Å². The third-order valence-corrected chi connectivity index (χ3v) is 5.21. The molecule has 0 saturated carbocycles. The van der Waals surface area contributed by atoms with E-state index in [1.54, 1.807) is 66.7 Å². The van der Waals surface area contributed by atoms with Crippen molar-refractivity contribution in [3.05, 3.63) is 98.2 Å². The Morgan fingerprint density at radius 2 is 1.64 bits per heavy atom. The highest BCUT2D eigenvalue weighted by Gasteiger charge is 2.16. The molecule has 138 valence electrons. The Morgan fingerprint density at radius 3 is 2.36 bits per heavy atom. The largest absolute Gasteiger partial charge is 0.292 e. The maximum atomic E-state index is 13.1. The lowest BCUT2D eigenvalue weighted by molar-refractivity contribution is 0.0971. The number of hydrogen-bond donors (Lipinski definition) is 0. The van der Waals surface area contributed by atoms with Crippen LogP contribution in [0.3, 0.4) is 0 Å². The topological polar surface area (TPSA) is 52.0 Å². The van der Waals surface area contributed by atoms with E-state index in [-0.39, 0.29) is 17.9 Å². The molecule has 0 bridgehead atoms. The minimum Gasteiger partial charge on any atom is -0.292 e. The molecule has 6 heteroatoms. The number of rotatable bonds is 4. The van der Waals surface area contributed by atoms with Crippen LogP contribution in [0, 0.1) is 0 Å². The standard InChI is InChI=1S/C22H14BrClN2O2/c23-16-9-5-14(6-10-16)20(27)13-26-21(15-7-11-17(24)12-8-15)25-19-4-2-1-3-18(19)22(26)28/h1-12H,13H2. The lowest BCUT2D eigenvalue weighted by Crippen LogP contribution is -2.27.